The average Bonchev–Trinajstić information content (AvgIpc) is 3.08. The molecule has 2 aliphatic rings. The molecular formula is C19H19NO2S. The van der Waals surface area contributed by atoms with Gasteiger partial charge in [-0.1, -0.05) is 24.3 Å². The Morgan fingerprint density at radius 3 is 2.57 bits per heavy atom. The number of nitrogens with zero attached hydrogens (tertiary/aromatic N) is 1. The van der Waals surface area contributed by atoms with Gasteiger partial charge in [0.1, 0.15) is 0 Å². The fourth-order valence-corrected chi connectivity index (χ4v) is 4.39. The van der Waals surface area contributed by atoms with Crippen molar-refractivity contribution in [3.63, 3.8) is 0 Å². The first-order valence-corrected chi connectivity index (χ1v) is 9.78. The summed E-state index contributed by atoms with van der Waals surface area (Å²) in [4.78, 5) is 4.89. The van der Waals surface area contributed by atoms with Crippen LogP contribution in [0.1, 0.15) is 36.4 Å². The number of rotatable bonds is 3. The second-order valence-electron chi connectivity index (χ2n) is 6.78. The Kier molecular flexibility index (Phi) is 3.20. The lowest BCUT2D eigenvalue weighted by Gasteiger charge is -2.10. The lowest BCUT2D eigenvalue weighted by molar-refractivity contribution is 0.535. The molecule has 0 aliphatic heterocycles. The zero-order chi connectivity index (χ0) is 16.1. The maximum atomic E-state index is 11.6. The highest BCUT2D eigenvalue weighted by molar-refractivity contribution is 7.90. The van der Waals surface area contributed by atoms with Gasteiger partial charge in [0, 0.05) is 24.1 Å². The normalized spacial score (nSPS) is 26.3. The van der Waals surface area contributed by atoms with Gasteiger partial charge in [-0.25, -0.2) is 8.42 Å². The molecule has 1 fully saturated rings. The van der Waals surface area contributed by atoms with Gasteiger partial charge >= 0.3 is 0 Å². The number of allylic oxidation sites excluding steroid dienone is 2. The van der Waals surface area contributed by atoms with E-state index in [-0.39, 0.29) is 0 Å². The largest absolute Gasteiger partial charge is 0.261 e. The Bertz CT molecular complexity index is 869. The zero-order valence-electron chi connectivity index (χ0n) is 13.1. The first-order valence-electron chi connectivity index (χ1n) is 7.88. The Labute approximate surface area is 137 Å². The van der Waals surface area contributed by atoms with Gasteiger partial charge in [0.15, 0.2) is 9.84 Å². The topological polar surface area (TPSA) is 47.0 Å². The molecule has 23 heavy (non-hydrogen) atoms. The third-order valence-corrected chi connectivity index (χ3v) is 6.31. The molecule has 4 rings (SSSR count). The van der Waals surface area contributed by atoms with Crippen molar-refractivity contribution in [1.29, 1.82) is 0 Å². The monoisotopic (exact) mass is 325 g/mol. The van der Waals surface area contributed by atoms with E-state index in [9.17, 15) is 8.42 Å². The highest BCUT2D eigenvalue weighted by Gasteiger charge is 2.56. The summed E-state index contributed by atoms with van der Waals surface area (Å²) in [6.07, 6.45) is 8.79. The Morgan fingerprint density at radius 2 is 1.91 bits per heavy atom. The van der Waals surface area contributed by atoms with Crippen LogP contribution in [0.25, 0.3) is 5.57 Å². The molecule has 2 aromatic rings. The van der Waals surface area contributed by atoms with Crippen molar-refractivity contribution in [3.05, 3.63) is 66.0 Å². The van der Waals surface area contributed by atoms with Crippen molar-refractivity contribution in [2.75, 3.05) is 6.26 Å². The molecule has 1 aromatic heterocycles. The van der Waals surface area contributed by atoms with Crippen molar-refractivity contribution in [3.8, 4) is 0 Å². The highest BCUT2D eigenvalue weighted by atomic mass is 32.2. The first-order chi connectivity index (χ1) is 11.0. The average molecular weight is 325 g/mol. The predicted molar refractivity (Wildman–Crippen MR) is 90.8 cm³/mol. The molecular weight excluding hydrogens is 306 g/mol. The fourth-order valence-electron chi connectivity index (χ4n) is 3.76. The van der Waals surface area contributed by atoms with Crippen molar-refractivity contribution in [1.82, 2.24) is 4.98 Å². The highest BCUT2D eigenvalue weighted by Crippen LogP contribution is 2.68. The lowest BCUT2D eigenvalue weighted by atomic mass is 9.95. The third kappa shape index (κ3) is 2.61. The molecule has 0 bridgehead atoms. The molecule has 0 N–H and O–H groups in total. The molecule has 2 unspecified atom stereocenters. The van der Waals surface area contributed by atoms with Crippen LogP contribution < -0.4 is 0 Å². The van der Waals surface area contributed by atoms with Crippen LogP contribution in [0.2, 0.25) is 0 Å². The number of hydrogen-bond acceptors (Lipinski definition) is 3. The first kappa shape index (κ1) is 14.6. The number of benzene rings is 1. The van der Waals surface area contributed by atoms with E-state index in [1.165, 1.54) is 23.9 Å². The van der Waals surface area contributed by atoms with E-state index in [1.807, 2.05) is 24.4 Å². The van der Waals surface area contributed by atoms with Crippen LogP contribution in [-0.2, 0) is 9.84 Å². The Hall–Kier alpha value is -1.94. The van der Waals surface area contributed by atoms with Crippen molar-refractivity contribution >= 4 is 15.4 Å². The van der Waals surface area contributed by atoms with Crippen molar-refractivity contribution < 1.29 is 8.42 Å². The quantitative estimate of drug-likeness (QED) is 0.861. The summed E-state index contributed by atoms with van der Waals surface area (Å²) in [5.41, 5.74) is 4.03. The van der Waals surface area contributed by atoms with Crippen LogP contribution >= 0.6 is 0 Å². The number of pyridine rings is 1. The molecule has 1 heterocycles. The Morgan fingerprint density at radius 1 is 1.13 bits per heavy atom. The van der Waals surface area contributed by atoms with Crippen LogP contribution in [0, 0.1) is 5.41 Å². The SMILES string of the molecule is CS(=O)(=O)c1ccc(C2=CCC3(C2)CC3c2ccccn2)cc1. The smallest absolute Gasteiger partial charge is 0.175 e. The maximum absolute atomic E-state index is 11.6. The van der Waals surface area contributed by atoms with E-state index in [0.717, 1.165) is 18.4 Å². The van der Waals surface area contributed by atoms with Gasteiger partial charge in [0.2, 0.25) is 0 Å². The van der Waals surface area contributed by atoms with Crippen molar-refractivity contribution in [2.45, 2.75) is 30.1 Å². The zero-order valence-corrected chi connectivity index (χ0v) is 13.9. The van der Waals surface area contributed by atoms with Crippen LogP contribution in [0.5, 0.6) is 0 Å². The fraction of sp³-hybridized carbons (Fsp3) is 0.316. The standard InChI is InChI=1S/C19H19NO2S/c1-23(21,22)16-7-5-14(6-8-16)15-9-10-19(12-15)13-17(19)18-4-2-3-11-20-18/h2-9,11,17H,10,12-13H2,1H3. The van der Waals surface area contributed by atoms with Crippen molar-refractivity contribution in [2.24, 2.45) is 5.41 Å². The minimum absolute atomic E-state index is 0.346. The van der Waals surface area contributed by atoms with E-state index in [4.69, 9.17) is 0 Å². The van der Waals surface area contributed by atoms with Crippen LogP contribution in [-0.4, -0.2) is 19.7 Å². The van der Waals surface area contributed by atoms with Gasteiger partial charge in [0.05, 0.1) is 4.90 Å². The van der Waals surface area contributed by atoms with E-state index in [1.54, 1.807) is 12.1 Å². The van der Waals surface area contributed by atoms with E-state index >= 15 is 0 Å². The molecule has 1 aromatic carbocycles. The summed E-state index contributed by atoms with van der Waals surface area (Å²) in [6.45, 7) is 0. The molecule has 2 atom stereocenters. The van der Waals surface area contributed by atoms with Crippen LogP contribution in [0.4, 0.5) is 0 Å². The van der Waals surface area contributed by atoms with Gasteiger partial charge in [-0.15, -0.1) is 0 Å². The van der Waals surface area contributed by atoms with Crippen LogP contribution in [0.15, 0.2) is 59.6 Å². The lowest BCUT2D eigenvalue weighted by Crippen LogP contribution is -2.00. The summed E-state index contributed by atoms with van der Waals surface area (Å²) >= 11 is 0. The van der Waals surface area contributed by atoms with E-state index < -0.39 is 9.84 Å². The number of hydrogen-bond donors (Lipinski definition) is 0. The second-order valence-corrected chi connectivity index (χ2v) is 8.80. The third-order valence-electron chi connectivity index (χ3n) is 5.19. The molecule has 4 heteroatoms. The molecule has 0 radical (unpaired) electrons. The molecule has 1 spiro atoms. The van der Waals surface area contributed by atoms with Gasteiger partial charge in [-0.3, -0.25) is 4.98 Å². The van der Waals surface area contributed by atoms with Crippen LogP contribution in [0.3, 0.4) is 0 Å². The minimum atomic E-state index is -3.13. The summed E-state index contributed by atoms with van der Waals surface area (Å²) in [5, 5.41) is 0. The second kappa shape index (κ2) is 5.03. The molecule has 3 nitrogen and oxygen atoms in total. The van der Waals surface area contributed by atoms with Gasteiger partial charge < -0.3 is 0 Å². The van der Waals surface area contributed by atoms with Gasteiger partial charge in [-0.05, 0) is 60.1 Å². The predicted octanol–water partition coefficient (Wildman–Crippen LogP) is 3.84. The van der Waals surface area contributed by atoms with E-state index in [2.05, 4.69) is 23.2 Å². The summed E-state index contributed by atoms with van der Waals surface area (Å²) in [6, 6.07) is 13.4. The number of sulfone groups is 1. The summed E-state index contributed by atoms with van der Waals surface area (Å²) < 4.78 is 23.1. The molecule has 2 aliphatic carbocycles. The molecule has 118 valence electrons. The maximum Gasteiger partial charge on any atom is 0.175 e. The molecule has 1 saturated carbocycles. The Balaban J connectivity index is 1.51. The van der Waals surface area contributed by atoms with Gasteiger partial charge in [-0.2, -0.15) is 0 Å². The summed E-state index contributed by atoms with van der Waals surface area (Å²) in [5.74, 6) is 0.563. The van der Waals surface area contributed by atoms with Gasteiger partial charge in [0.25, 0.3) is 0 Å². The summed E-state index contributed by atoms with van der Waals surface area (Å²) in [7, 11) is -3.13. The minimum Gasteiger partial charge on any atom is -0.261 e. The van der Waals surface area contributed by atoms with E-state index in [0.29, 0.717) is 16.2 Å². The molecule has 0 amide bonds. The molecule has 0 saturated heterocycles. The number of aromatic nitrogens is 1.